The van der Waals surface area contributed by atoms with Gasteiger partial charge in [-0.2, -0.15) is 0 Å². The summed E-state index contributed by atoms with van der Waals surface area (Å²) < 4.78 is 12.3. The van der Waals surface area contributed by atoms with Crippen LogP contribution < -0.4 is 9.47 Å². The van der Waals surface area contributed by atoms with E-state index in [4.69, 9.17) is 9.47 Å². The average molecular weight is 495 g/mol. The van der Waals surface area contributed by atoms with Gasteiger partial charge in [-0.15, -0.1) is 11.3 Å². The lowest BCUT2D eigenvalue weighted by molar-refractivity contribution is 0.0693. The van der Waals surface area contributed by atoms with Crippen LogP contribution in [0.1, 0.15) is 15.9 Å². The molecular weight excluding hydrogens is 476 g/mol. The van der Waals surface area contributed by atoms with Gasteiger partial charge in [0.15, 0.2) is 0 Å². The molecular formula is C25H19BrO4S. The van der Waals surface area contributed by atoms with Crippen LogP contribution in [-0.4, -0.2) is 18.2 Å². The maximum Gasteiger partial charge on any atom is 0.339 e. The zero-order valence-corrected chi connectivity index (χ0v) is 19.1. The van der Waals surface area contributed by atoms with Crippen LogP contribution in [0.25, 0.3) is 21.6 Å². The van der Waals surface area contributed by atoms with Gasteiger partial charge in [-0.3, -0.25) is 0 Å². The molecule has 3 aromatic carbocycles. The van der Waals surface area contributed by atoms with Crippen molar-refractivity contribution in [3.8, 4) is 33.1 Å². The number of hydrogen-bond donors (Lipinski definition) is 1. The first kappa shape index (κ1) is 21.2. The fourth-order valence-corrected chi connectivity index (χ4v) is 4.60. The van der Waals surface area contributed by atoms with E-state index in [2.05, 4.69) is 15.9 Å². The lowest BCUT2D eigenvalue weighted by Crippen LogP contribution is -2.00. The van der Waals surface area contributed by atoms with Crippen LogP contribution in [0.4, 0.5) is 0 Å². The van der Waals surface area contributed by atoms with E-state index in [9.17, 15) is 9.90 Å². The van der Waals surface area contributed by atoms with Gasteiger partial charge >= 0.3 is 5.97 Å². The molecule has 0 unspecified atom stereocenters. The molecule has 0 aliphatic heterocycles. The monoisotopic (exact) mass is 494 g/mol. The number of aromatic carboxylic acids is 1. The highest BCUT2D eigenvalue weighted by atomic mass is 79.9. The third-order valence-corrected chi connectivity index (χ3v) is 6.28. The summed E-state index contributed by atoms with van der Waals surface area (Å²) in [6.07, 6.45) is 0. The van der Waals surface area contributed by atoms with Crippen molar-refractivity contribution < 1.29 is 19.4 Å². The molecule has 0 atom stereocenters. The number of hydrogen-bond acceptors (Lipinski definition) is 4. The second-order valence-electron chi connectivity index (χ2n) is 6.80. The third kappa shape index (κ3) is 4.65. The predicted octanol–water partition coefficient (Wildman–Crippen LogP) is 7.13. The Kier molecular flexibility index (Phi) is 6.39. The van der Waals surface area contributed by atoms with Gasteiger partial charge in [0.05, 0.1) is 7.11 Å². The Morgan fingerprint density at radius 1 is 0.968 bits per heavy atom. The minimum Gasteiger partial charge on any atom is -0.496 e. The Labute approximate surface area is 192 Å². The summed E-state index contributed by atoms with van der Waals surface area (Å²) in [5.74, 6) is 0.0773. The molecule has 1 N–H and O–H groups in total. The number of carboxylic acids is 1. The fourth-order valence-electron chi connectivity index (χ4n) is 3.34. The van der Waals surface area contributed by atoms with Crippen LogP contribution in [0, 0.1) is 0 Å². The van der Waals surface area contributed by atoms with E-state index in [0.29, 0.717) is 12.4 Å². The summed E-state index contributed by atoms with van der Waals surface area (Å²) in [6.45, 7) is 0.459. The largest absolute Gasteiger partial charge is 0.496 e. The molecule has 4 aromatic rings. The van der Waals surface area contributed by atoms with E-state index >= 15 is 0 Å². The molecule has 0 radical (unpaired) electrons. The highest BCUT2D eigenvalue weighted by molar-refractivity contribution is 9.10. The minimum absolute atomic E-state index is 0.133. The van der Waals surface area contributed by atoms with Crippen molar-refractivity contribution in [2.24, 2.45) is 0 Å². The van der Waals surface area contributed by atoms with E-state index in [-0.39, 0.29) is 5.56 Å². The lowest BCUT2D eigenvalue weighted by Gasteiger charge is -2.14. The lowest BCUT2D eigenvalue weighted by atomic mass is 10.0. The maximum absolute atomic E-state index is 11.7. The molecule has 0 amide bonds. The Bertz CT molecular complexity index is 1220. The molecule has 1 heterocycles. The normalized spacial score (nSPS) is 10.6. The molecule has 1 aromatic heterocycles. The Morgan fingerprint density at radius 2 is 1.74 bits per heavy atom. The molecule has 0 fully saturated rings. The summed E-state index contributed by atoms with van der Waals surface area (Å²) in [6, 6.07) is 23.2. The Hall–Kier alpha value is -3.09. The van der Waals surface area contributed by atoms with Crippen molar-refractivity contribution in [2.45, 2.75) is 6.61 Å². The molecule has 0 bridgehead atoms. The molecule has 31 heavy (non-hydrogen) atoms. The van der Waals surface area contributed by atoms with Gasteiger partial charge in [0.2, 0.25) is 0 Å². The SMILES string of the molecule is COc1ccc(-c2sccc2-c2cc(Br)ccc2OCc2ccccc2)cc1C(=O)O. The number of carboxylic acid groups (broad SMARTS) is 1. The van der Waals surface area contributed by atoms with Gasteiger partial charge in [0, 0.05) is 20.5 Å². The zero-order valence-electron chi connectivity index (χ0n) is 16.7. The van der Waals surface area contributed by atoms with Crippen molar-refractivity contribution in [1.29, 1.82) is 0 Å². The van der Waals surface area contributed by atoms with Crippen LogP contribution >= 0.6 is 27.3 Å². The van der Waals surface area contributed by atoms with E-state index < -0.39 is 5.97 Å². The van der Waals surface area contributed by atoms with Crippen molar-refractivity contribution in [3.63, 3.8) is 0 Å². The number of thiophene rings is 1. The first-order valence-corrected chi connectivity index (χ1v) is 11.2. The summed E-state index contributed by atoms with van der Waals surface area (Å²) in [4.78, 5) is 12.6. The molecule has 156 valence electrons. The van der Waals surface area contributed by atoms with Crippen molar-refractivity contribution in [3.05, 3.63) is 93.8 Å². The number of methoxy groups -OCH3 is 1. The third-order valence-electron chi connectivity index (χ3n) is 4.83. The smallest absolute Gasteiger partial charge is 0.339 e. The first-order chi connectivity index (χ1) is 15.1. The Balaban J connectivity index is 1.74. The summed E-state index contributed by atoms with van der Waals surface area (Å²) >= 11 is 5.12. The van der Waals surface area contributed by atoms with Crippen LogP contribution in [-0.2, 0) is 6.61 Å². The highest BCUT2D eigenvalue weighted by Crippen LogP contribution is 2.43. The van der Waals surface area contributed by atoms with E-state index in [0.717, 1.165) is 37.4 Å². The second kappa shape index (κ2) is 9.37. The van der Waals surface area contributed by atoms with Crippen LogP contribution in [0.5, 0.6) is 11.5 Å². The number of ether oxygens (including phenoxy) is 2. The molecule has 4 rings (SSSR count). The molecule has 0 spiro atoms. The number of rotatable bonds is 7. The van der Waals surface area contributed by atoms with Gasteiger partial charge in [0.1, 0.15) is 23.7 Å². The molecule has 0 aliphatic carbocycles. The van der Waals surface area contributed by atoms with Gasteiger partial charge in [-0.25, -0.2) is 4.79 Å². The standard InChI is InChI=1S/C25H19BrO4S/c1-29-22-9-7-17(13-21(22)25(27)28)24-19(11-12-31-24)20-14-18(26)8-10-23(20)30-15-16-5-3-2-4-6-16/h2-14H,15H2,1H3,(H,27,28). The van der Waals surface area contributed by atoms with E-state index in [1.54, 1.807) is 23.5 Å². The van der Waals surface area contributed by atoms with Crippen molar-refractivity contribution in [2.75, 3.05) is 7.11 Å². The second-order valence-corrected chi connectivity index (χ2v) is 8.63. The highest BCUT2D eigenvalue weighted by Gasteiger charge is 2.18. The maximum atomic E-state index is 11.7. The van der Waals surface area contributed by atoms with Gasteiger partial charge in [0.25, 0.3) is 0 Å². The zero-order chi connectivity index (χ0) is 21.8. The fraction of sp³-hybridized carbons (Fsp3) is 0.0800. The summed E-state index contributed by atoms with van der Waals surface area (Å²) in [7, 11) is 1.47. The van der Waals surface area contributed by atoms with Crippen LogP contribution in [0.15, 0.2) is 82.6 Å². The molecule has 0 aliphatic rings. The number of carbonyl (C=O) groups is 1. The quantitative estimate of drug-likeness (QED) is 0.296. The molecule has 0 saturated carbocycles. The van der Waals surface area contributed by atoms with Crippen molar-refractivity contribution in [1.82, 2.24) is 0 Å². The minimum atomic E-state index is -1.02. The van der Waals surface area contributed by atoms with E-state index in [1.807, 2.05) is 66.0 Å². The number of halogens is 1. The topological polar surface area (TPSA) is 55.8 Å². The molecule has 4 nitrogen and oxygen atoms in total. The van der Waals surface area contributed by atoms with Crippen LogP contribution in [0.2, 0.25) is 0 Å². The van der Waals surface area contributed by atoms with Crippen LogP contribution in [0.3, 0.4) is 0 Å². The van der Waals surface area contributed by atoms with Gasteiger partial charge in [-0.05, 0) is 59.0 Å². The number of benzene rings is 3. The summed E-state index contributed by atoms with van der Waals surface area (Å²) in [5, 5.41) is 11.6. The van der Waals surface area contributed by atoms with E-state index in [1.165, 1.54) is 7.11 Å². The van der Waals surface area contributed by atoms with Gasteiger partial charge < -0.3 is 14.6 Å². The Morgan fingerprint density at radius 3 is 2.48 bits per heavy atom. The summed E-state index contributed by atoms with van der Waals surface area (Å²) in [5.41, 5.74) is 3.96. The van der Waals surface area contributed by atoms with Gasteiger partial charge in [-0.1, -0.05) is 46.3 Å². The average Bonchev–Trinajstić information content (AvgIpc) is 3.28. The molecule has 0 saturated heterocycles. The predicted molar refractivity (Wildman–Crippen MR) is 127 cm³/mol. The van der Waals surface area contributed by atoms with Crippen molar-refractivity contribution >= 4 is 33.2 Å². The molecule has 6 heteroatoms. The first-order valence-electron chi connectivity index (χ1n) is 9.52.